The standard InChI is InChI=1S/C5H8O.C3H6O3/c6-5-3-1-2-4-5;1-2-6-3(4)5/h1-4H2;2H2,1H3,(H,4,5). The van der Waals surface area contributed by atoms with Crippen molar-refractivity contribution in [3.63, 3.8) is 0 Å². The van der Waals surface area contributed by atoms with Crippen LogP contribution in [0.5, 0.6) is 0 Å². The first kappa shape index (κ1) is 10.9. The lowest BCUT2D eigenvalue weighted by Crippen LogP contribution is -1.97. The molecule has 0 spiro atoms. The Balaban J connectivity index is 0.000000202. The average molecular weight is 174 g/mol. The van der Waals surface area contributed by atoms with E-state index in [0.29, 0.717) is 5.78 Å². The predicted molar refractivity (Wildman–Crippen MR) is 43.1 cm³/mol. The van der Waals surface area contributed by atoms with Gasteiger partial charge < -0.3 is 9.84 Å². The van der Waals surface area contributed by atoms with Gasteiger partial charge >= 0.3 is 6.16 Å². The van der Waals surface area contributed by atoms with Gasteiger partial charge in [0.1, 0.15) is 5.78 Å². The lowest BCUT2D eigenvalue weighted by atomic mass is 10.4. The van der Waals surface area contributed by atoms with E-state index < -0.39 is 6.16 Å². The van der Waals surface area contributed by atoms with Crippen molar-refractivity contribution in [1.29, 1.82) is 0 Å². The van der Waals surface area contributed by atoms with Gasteiger partial charge in [0.05, 0.1) is 6.61 Å². The van der Waals surface area contributed by atoms with Crippen LogP contribution in [-0.2, 0) is 9.53 Å². The van der Waals surface area contributed by atoms with Gasteiger partial charge in [-0.1, -0.05) is 0 Å². The largest absolute Gasteiger partial charge is 0.505 e. The van der Waals surface area contributed by atoms with Crippen LogP contribution in [0.1, 0.15) is 32.6 Å². The highest BCUT2D eigenvalue weighted by molar-refractivity contribution is 5.80. The molecule has 70 valence electrons. The van der Waals surface area contributed by atoms with E-state index in [1.54, 1.807) is 6.92 Å². The fraction of sp³-hybridized carbons (Fsp3) is 0.750. The second kappa shape index (κ2) is 6.64. The SMILES string of the molecule is CCOC(=O)O.O=C1CCCC1. The number of carbonyl (C=O) groups is 2. The Morgan fingerprint density at radius 3 is 2.08 bits per heavy atom. The summed E-state index contributed by atoms with van der Waals surface area (Å²) in [6, 6.07) is 0. The summed E-state index contributed by atoms with van der Waals surface area (Å²) in [4.78, 5) is 19.6. The maximum Gasteiger partial charge on any atom is 0.505 e. The molecule has 0 aliphatic heterocycles. The molecule has 0 aromatic rings. The van der Waals surface area contributed by atoms with E-state index in [4.69, 9.17) is 5.11 Å². The van der Waals surface area contributed by atoms with E-state index in [2.05, 4.69) is 4.74 Å². The van der Waals surface area contributed by atoms with Crippen LogP contribution in [0.2, 0.25) is 0 Å². The molecule has 0 bridgehead atoms. The third kappa shape index (κ3) is 7.05. The highest BCUT2D eigenvalue weighted by Gasteiger charge is 2.07. The summed E-state index contributed by atoms with van der Waals surface area (Å²) in [5.74, 6) is 0.454. The minimum Gasteiger partial charge on any atom is -0.450 e. The fourth-order valence-corrected chi connectivity index (χ4v) is 0.893. The van der Waals surface area contributed by atoms with Crippen molar-refractivity contribution in [3.05, 3.63) is 0 Å². The molecular weight excluding hydrogens is 160 g/mol. The summed E-state index contributed by atoms with van der Waals surface area (Å²) in [6.45, 7) is 1.85. The maximum atomic E-state index is 10.2. The number of ketones is 1. The van der Waals surface area contributed by atoms with Gasteiger partial charge in [0.25, 0.3) is 0 Å². The Morgan fingerprint density at radius 2 is 2.00 bits per heavy atom. The van der Waals surface area contributed by atoms with Crippen molar-refractivity contribution >= 4 is 11.9 Å². The van der Waals surface area contributed by atoms with Gasteiger partial charge in [0.2, 0.25) is 0 Å². The second-order valence-electron chi connectivity index (χ2n) is 2.44. The quantitative estimate of drug-likeness (QED) is 0.616. The highest BCUT2D eigenvalue weighted by Crippen LogP contribution is 2.11. The number of hydrogen-bond acceptors (Lipinski definition) is 3. The molecule has 12 heavy (non-hydrogen) atoms. The minimum absolute atomic E-state index is 0.231. The first-order chi connectivity index (χ1) is 5.66. The van der Waals surface area contributed by atoms with Crippen LogP contribution in [0.15, 0.2) is 0 Å². The Labute approximate surface area is 71.5 Å². The number of ether oxygens (including phenoxy) is 1. The molecular formula is C8H14O4. The second-order valence-corrected chi connectivity index (χ2v) is 2.44. The minimum atomic E-state index is -1.21. The Kier molecular flexibility index (Phi) is 6.05. The normalized spacial score (nSPS) is 14.9. The number of hydrogen-bond donors (Lipinski definition) is 1. The van der Waals surface area contributed by atoms with E-state index >= 15 is 0 Å². The van der Waals surface area contributed by atoms with E-state index in [-0.39, 0.29) is 6.61 Å². The molecule has 4 nitrogen and oxygen atoms in total. The first-order valence-electron chi connectivity index (χ1n) is 4.04. The lowest BCUT2D eigenvalue weighted by Gasteiger charge is -1.87. The predicted octanol–water partition coefficient (Wildman–Crippen LogP) is 1.83. The van der Waals surface area contributed by atoms with Crippen molar-refractivity contribution in [1.82, 2.24) is 0 Å². The van der Waals surface area contributed by atoms with E-state index in [1.807, 2.05) is 0 Å². The molecule has 1 saturated carbocycles. The summed E-state index contributed by atoms with van der Waals surface area (Å²) in [5, 5.41) is 7.69. The van der Waals surface area contributed by atoms with Crippen molar-refractivity contribution in [2.24, 2.45) is 0 Å². The fourth-order valence-electron chi connectivity index (χ4n) is 0.893. The summed E-state index contributed by atoms with van der Waals surface area (Å²) < 4.78 is 3.96. The van der Waals surface area contributed by atoms with Gasteiger partial charge in [-0.2, -0.15) is 0 Å². The monoisotopic (exact) mass is 174 g/mol. The number of carboxylic acid groups (broad SMARTS) is 1. The summed E-state index contributed by atoms with van der Waals surface area (Å²) in [5.41, 5.74) is 0. The summed E-state index contributed by atoms with van der Waals surface area (Å²) in [7, 11) is 0. The zero-order valence-corrected chi connectivity index (χ0v) is 7.21. The smallest absolute Gasteiger partial charge is 0.450 e. The number of Topliss-reactive ketones (excluding diaryl/α,β-unsaturated/α-hetero) is 1. The molecule has 0 aromatic heterocycles. The molecule has 0 aromatic carbocycles. The maximum absolute atomic E-state index is 10.2. The zero-order valence-electron chi connectivity index (χ0n) is 7.21. The summed E-state index contributed by atoms with van der Waals surface area (Å²) >= 11 is 0. The molecule has 0 radical (unpaired) electrons. The molecule has 0 amide bonds. The van der Waals surface area contributed by atoms with Gasteiger partial charge in [-0.15, -0.1) is 0 Å². The van der Waals surface area contributed by atoms with Crippen molar-refractivity contribution in [2.45, 2.75) is 32.6 Å². The van der Waals surface area contributed by atoms with Gasteiger partial charge in [0, 0.05) is 12.8 Å². The topological polar surface area (TPSA) is 63.6 Å². The van der Waals surface area contributed by atoms with Crippen LogP contribution >= 0.6 is 0 Å². The van der Waals surface area contributed by atoms with E-state index in [0.717, 1.165) is 25.7 Å². The first-order valence-corrected chi connectivity index (χ1v) is 4.04. The molecule has 1 aliphatic carbocycles. The van der Waals surface area contributed by atoms with Crippen LogP contribution in [-0.4, -0.2) is 23.7 Å². The van der Waals surface area contributed by atoms with Crippen LogP contribution in [0.25, 0.3) is 0 Å². The molecule has 1 N–H and O–H groups in total. The van der Waals surface area contributed by atoms with Crippen molar-refractivity contribution in [3.8, 4) is 0 Å². The molecule has 0 atom stereocenters. The molecule has 1 fully saturated rings. The Hall–Kier alpha value is -1.06. The third-order valence-corrected chi connectivity index (χ3v) is 1.43. The molecule has 0 unspecified atom stereocenters. The Bertz CT molecular complexity index is 145. The van der Waals surface area contributed by atoms with Gasteiger partial charge in [-0.3, -0.25) is 4.79 Å². The van der Waals surface area contributed by atoms with Crippen LogP contribution in [0.4, 0.5) is 4.79 Å². The molecule has 1 aliphatic rings. The molecule has 0 saturated heterocycles. The van der Waals surface area contributed by atoms with Gasteiger partial charge in [0.15, 0.2) is 0 Å². The summed E-state index contributed by atoms with van der Waals surface area (Å²) in [6.07, 6.45) is 2.76. The third-order valence-electron chi connectivity index (χ3n) is 1.43. The number of rotatable bonds is 1. The van der Waals surface area contributed by atoms with Crippen molar-refractivity contribution < 1.29 is 19.4 Å². The molecule has 0 heterocycles. The zero-order chi connectivity index (χ0) is 9.40. The van der Waals surface area contributed by atoms with Crippen LogP contribution in [0.3, 0.4) is 0 Å². The number of carbonyl (C=O) groups excluding carboxylic acids is 1. The lowest BCUT2D eigenvalue weighted by molar-refractivity contribution is -0.117. The molecule has 4 heteroatoms. The average Bonchev–Trinajstić information content (AvgIpc) is 2.40. The molecule has 1 rings (SSSR count). The van der Waals surface area contributed by atoms with E-state index in [9.17, 15) is 9.59 Å². The highest BCUT2D eigenvalue weighted by atomic mass is 16.7. The van der Waals surface area contributed by atoms with Gasteiger partial charge in [-0.05, 0) is 19.8 Å². The van der Waals surface area contributed by atoms with Crippen LogP contribution < -0.4 is 0 Å². The van der Waals surface area contributed by atoms with Crippen molar-refractivity contribution in [2.75, 3.05) is 6.61 Å². The Morgan fingerprint density at radius 1 is 1.50 bits per heavy atom. The van der Waals surface area contributed by atoms with Crippen LogP contribution in [0, 0.1) is 0 Å². The van der Waals surface area contributed by atoms with Gasteiger partial charge in [-0.25, -0.2) is 4.79 Å². The van der Waals surface area contributed by atoms with E-state index in [1.165, 1.54) is 0 Å².